The number of rotatable bonds is 2. The highest BCUT2D eigenvalue weighted by Crippen LogP contribution is 2.57. The van der Waals surface area contributed by atoms with Gasteiger partial charge in [0.15, 0.2) is 0 Å². The molecule has 0 N–H and O–H groups in total. The van der Waals surface area contributed by atoms with Crippen molar-refractivity contribution in [3.63, 3.8) is 0 Å². The van der Waals surface area contributed by atoms with Crippen LogP contribution >= 0.6 is 0 Å². The van der Waals surface area contributed by atoms with E-state index >= 15 is 0 Å². The molecule has 0 saturated heterocycles. The molecule has 1 aliphatic carbocycles. The molecule has 3 nitrogen and oxygen atoms in total. The van der Waals surface area contributed by atoms with E-state index in [2.05, 4.69) is 74.5 Å². The van der Waals surface area contributed by atoms with Gasteiger partial charge in [0.05, 0.1) is 10.5 Å². The van der Waals surface area contributed by atoms with Crippen LogP contribution in [0.25, 0.3) is 54.6 Å². The van der Waals surface area contributed by atoms with Crippen LogP contribution < -0.4 is 0 Å². The molecule has 0 radical (unpaired) electrons. The molecule has 0 fully saturated rings. The first-order valence-corrected chi connectivity index (χ1v) is 12.2. The van der Waals surface area contributed by atoms with Crippen LogP contribution in [0.5, 0.6) is 0 Å². The predicted molar refractivity (Wildman–Crippen MR) is 149 cm³/mol. The Kier molecular flexibility index (Phi) is 4.20. The van der Waals surface area contributed by atoms with E-state index in [9.17, 15) is 10.1 Å². The van der Waals surface area contributed by atoms with Crippen molar-refractivity contribution in [2.75, 3.05) is 0 Å². The molecule has 0 aromatic heterocycles. The second kappa shape index (κ2) is 7.25. The molecule has 7 rings (SSSR count). The number of nitrogens with zero attached hydrogens (tertiary/aromatic N) is 1. The summed E-state index contributed by atoms with van der Waals surface area (Å²) in [6.45, 7) is 4.52. The van der Waals surface area contributed by atoms with Crippen molar-refractivity contribution in [2.24, 2.45) is 0 Å². The minimum absolute atomic E-state index is 0.141. The van der Waals surface area contributed by atoms with Gasteiger partial charge in [-0.25, -0.2) is 0 Å². The minimum atomic E-state index is -0.343. The highest BCUT2D eigenvalue weighted by Gasteiger charge is 2.41. The number of hydrogen-bond acceptors (Lipinski definition) is 2. The first-order valence-electron chi connectivity index (χ1n) is 12.2. The lowest BCUT2D eigenvalue weighted by atomic mass is 9.76. The van der Waals surface area contributed by atoms with E-state index in [4.69, 9.17) is 0 Å². The second-order valence-corrected chi connectivity index (χ2v) is 10.2. The molecule has 3 heteroatoms. The summed E-state index contributed by atoms with van der Waals surface area (Å²) in [7, 11) is 0. The molecule has 0 spiro atoms. The first kappa shape index (κ1) is 20.8. The fourth-order valence-corrected chi connectivity index (χ4v) is 6.36. The summed E-state index contributed by atoms with van der Waals surface area (Å²) in [5, 5.41) is 18.9. The Balaban J connectivity index is 1.67. The molecule has 0 amide bonds. The lowest BCUT2D eigenvalue weighted by molar-refractivity contribution is -0.384. The molecular weight excluding hydrogens is 442 g/mol. The molecule has 0 atom stereocenters. The number of fused-ring (bicyclic) bond motifs is 8. The standard InChI is InChI=1S/C33H23NO2/c1-33(2)31-25-14-8-5-9-20(25)15-16-26(31)30-24-13-7-6-12-23(24)18-28(32(30)33)27-17-21-10-3-4-11-22(21)19-29(27)34(35)36/h3-19H,1-2H3. The van der Waals surface area contributed by atoms with Crippen molar-refractivity contribution in [3.8, 4) is 22.3 Å². The van der Waals surface area contributed by atoms with Gasteiger partial charge in [0.25, 0.3) is 5.69 Å². The van der Waals surface area contributed by atoms with Crippen molar-refractivity contribution in [2.45, 2.75) is 19.3 Å². The molecule has 1 aliphatic rings. The van der Waals surface area contributed by atoms with Crippen molar-refractivity contribution >= 4 is 38.0 Å². The molecule has 0 aliphatic heterocycles. The van der Waals surface area contributed by atoms with Gasteiger partial charge in [-0.15, -0.1) is 0 Å². The van der Waals surface area contributed by atoms with E-state index in [1.807, 2.05) is 36.4 Å². The average Bonchev–Trinajstić information content (AvgIpc) is 3.15. The maximum Gasteiger partial charge on any atom is 0.277 e. The Hall–Kier alpha value is -4.50. The van der Waals surface area contributed by atoms with Crippen LogP contribution in [0.4, 0.5) is 5.69 Å². The van der Waals surface area contributed by atoms with Crippen LogP contribution in [0.3, 0.4) is 0 Å². The summed E-state index contributed by atoms with van der Waals surface area (Å²) in [6.07, 6.45) is 0. The molecule has 6 aromatic carbocycles. The van der Waals surface area contributed by atoms with E-state index in [1.165, 1.54) is 32.8 Å². The van der Waals surface area contributed by atoms with E-state index in [0.29, 0.717) is 5.56 Å². The van der Waals surface area contributed by atoms with Crippen molar-refractivity contribution < 1.29 is 4.92 Å². The van der Waals surface area contributed by atoms with Crippen LogP contribution in [-0.4, -0.2) is 4.92 Å². The largest absolute Gasteiger partial charge is 0.277 e. The minimum Gasteiger partial charge on any atom is -0.258 e. The molecular formula is C33H23NO2. The number of hydrogen-bond donors (Lipinski definition) is 0. The molecule has 6 aromatic rings. The van der Waals surface area contributed by atoms with Gasteiger partial charge >= 0.3 is 0 Å². The van der Waals surface area contributed by atoms with Crippen LogP contribution in [0.2, 0.25) is 0 Å². The molecule has 0 bridgehead atoms. The van der Waals surface area contributed by atoms with Crippen LogP contribution in [-0.2, 0) is 5.41 Å². The zero-order valence-corrected chi connectivity index (χ0v) is 20.1. The lowest BCUT2D eigenvalue weighted by Crippen LogP contribution is -2.17. The monoisotopic (exact) mass is 465 g/mol. The van der Waals surface area contributed by atoms with Crippen LogP contribution in [0.1, 0.15) is 25.0 Å². The molecule has 36 heavy (non-hydrogen) atoms. The predicted octanol–water partition coefficient (Wildman–Crippen LogP) is 9.03. The smallest absolute Gasteiger partial charge is 0.258 e. The normalized spacial score (nSPS) is 13.7. The highest BCUT2D eigenvalue weighted by molar-refractivity contribution is 6.11. The quantitative estimate of drug-likeness (QED) is 0.189. The van der Waals surface area contributed by atoms with E-state index in [-0.39, 0.29) is 16.0 Å². The van der Waals surface area contributed by atoms with E-state index in [1.54, 1.807) is 6.07 Å². The van der Waals surface area contributed by atoms with E-state index in [0.717, 1.165) is 27.3 Å². The maximum atomic E-state index is 12.4. The third-order valence-corrected chi connectivity index (χ3v) is 7.85. The van der Waals surface area contributed by atoms with Crippen molar-refractivity contribution in [3.05, 3.63) is 124 Å². The van der Waals surface area contributed by atoms with Gasteiger partial charge in [0.2, 0.25) is 0 Å². The Morgan fingerprint density at radius 2 is 1.17 bits per heavy atom. The summed E-state index contributed by atoms with van der Waals surface area (Å²) in [5.41, 5.74) is 6.26. The first-order chi connectivity index (χ1) is 17.4. The number of nitro benzene ring substituents is 1. The average molecular weight is 466 g/mol. The Bertz CT molecular complexity index is 1900. The Morgan fingerprint density at radius 1 is 0.583 bits per heavy atom. The number of nitro groups is 1. The summed E-state index contributed by atoms with van der Waals surface area (Å²) < 4.78 is 0. The van der Waals surface area contributed by atoms with Gasteiger partial charge < -0.3 is 0 Å². The van der Waals surface area contributed by atoms with Gasteiger partial charge in [-0.1, -0.05) is 98.8 Å². The zero-order valence-electron chi connectivity index (χ0n) is 20.1. The van der Waals surface area contributed by atoms with Crippen molar-refractivity contribution in [1.82, 2.24) is 0 Å². The van der Waals surface area contributed by atoms with Gasteiger partial charge in [0, 0.05) is 11.5 Å². The molecule has 172 valence electrons. The number of benzene rings is 6. The van der Waals surface area contributed by atoms with Gasteiger partial charge in [-0.05, 0) is 72.3 Å². The molecule has 0 saturated carbocycles. The summed E-state index contributed by atoms with van der Waals surface area (Å²) in [5.74, 6) is 0. The SMILES string of the molecule is CC1(C)c2c(-c3cc4ccccc4cc3[N+](=O)[O-])cc3ccccc3c2-c2ccc3ccccc3c21. The fourth-order valence-electron chi connectivity index (χ4n) is 6.36. The zero-order chi connectivity index (χ0) is 24.6. The van der Waals surface area contributed by atoms with Gasteiger partial charge in [-0.2, -0.15) is 0 Å². The molecule has 0 heterocycles. The lowest BCUT2D eigenvalue weighted by Gasteiger charge is -2.26. The topological polar surface area (TPSA) is 43.1 Å². The second-order valence-electron chi connectivity index (χ2n) is 10.2. The summed E-state index contributed by atoms with van der Waals surface area (Å²) in [6, 6.07) is 35.1. The molecule has 0 unspecified atom stereocenters. The fraction of sp³-hybridized carbons (Fsp3) is 0.0909. The van der Waals surface area contributed by atoms with Gasteiger partial charge in [-0.3, -0.25) is 10.1 Å². The summed E-state index contributed by atoms with van der Waals surface area (Å²) in [4.78, 5) is 12.1. The van der Waals surface area contributed by atoms with E-state index < -0.39 is 0 Å². The Labute approximate surface area is 208 Å². The highest BCUT2D eigenvalue weighted by atomic mass is 16.6. The third-order valence-electron chi connectivity index (χ3n) is 7.85. The van der Waals surface area contributed by atoms with Crippen LogP contribution in [0, 0.1) is 10.1 Å². The maximum absolute atomic E-state index is 12.4. The van der Waals surface area contributed by atoms with Crippen molar-refractivity contribution in [1.29, 1.82) is 0 Å². The third kappa shape index (κ3) is 2.74. The Morgan fingerprint density at radius 3 is 1.89 bits per heavy atom. The van der Waals surface area contributed by atoms with Crippen LogP contribution in [0.15, 0.2) is 103 Å². The summed E-state index contributed by atoms with van der Waals surface area (Å²) >= 11 is 0. The van der Waals surface area contributed by atoms with Gasteiger partial charge in [0.1, 0.15) is 0 Å².